The van der Waals surface area contributed by atoms with Crippen molar-refractivity contribution in [2.45, 2.75) is 57.9 Å². The Balaban J connectivity index is 1.50. The highest BCUT2D eigenvalue weighted by Crippen LogP contribution is 2.47. The van der Waals surface area contributed by atoms with Crippen LogP contribution in [0.25, 0.3) is 0 Å². The lowest BCUT2D eigenvalue weighted by molar-refractivity contribution is -0.148. The summed E-state index contributed by atoms with van der Waals surface area (Å²) in [7, 11) is 0. The van der Waals surface area contributed by atoms with Crippen molar-refractivity contribution in [1.29, 1.82) is 0 Å². The fourth-order valence-corrected chi connectivity index (χ4v) is 5.75. The third-order valence-corrected chi connectivity index (χ3v) is 7.14. The SMILES string of the molecule is CCC1c2ccsc2CCN1C(=O)CN1C(=O)CC2(CCCC2)C1=O. The molecule has 6 heteroatoms. The zero-order valence-corrected chi connectivity index (χ0v) is 15.4. The number of hydrogen-bond donors (Lipinski definition) is 0. The molecule has 2 fully saturated rings. The number of rotatable bonds is 3. The second kappa shape index (κ2) is 6.24. The van der Waals surface area contributed by atoms with E-state index in [4.69, 9.17) is 0 Å². The fourth-order valence-electron chi connectivity index (χ4n) is 4.82. The summed E-state index contributed by atoms with van der Waals surface area (Å²) in [6, 6.07) is 2.17. The van der Waals surface area contributed by atoms with Gasteiger partial charge in [-0.25, -0.2) is 0 Å². The van der Waals surface area contributed by atoms with Crippen molar-refractivity contribution in [2.24, 2.45) is 5.41 Å². The fraction of sp³-hybridized carbons (Fsp3) is 0.632. The largest absolute Gasteiger partial charge is 0.334 e. The second-order valence-electron chi connectivity index (χ2n) is 7.51. The standard InChI is InChI=1S/C19H24N2O3S/c1-2-14-13-6-10-25-15(13)5-9-20(14)17(23)12-21-16(22)11-19(18(21)24)7-3-4-8-19/h6,10,14H,2-5,7-9,11-12H2,1H3. The summed E-state index contributed by atoms with van der Waals surface area (Å²) in [5.74, 6) is -0.369. The number of fused-ring (bicyclic) bond motifs is 1. The number of nitrogens with zero attached hydrogens (tertiary/aromatic N) is 2. The molecule has 3 aliphatic rings. The van der Waals surface area contributed by atoms with Crippen LogP contribution in [0, 0.1) is 5.41 Å². The van der Waals surface area contributed by atoms with Gasteiger partial charge in [0, 0.05) is 17.8 Å². The number of carbonyl (C=O) groups is 3. The van der Waals surface area contributed by atoms with Crippen LogP contribution in [0.15, 0.2) is 11.4 Å². The van der Waals surface area contributed by atoms with Crippen molar-refractivity contribution in [3.05, 3.63) is 21.9 Å². The molecule has 134 valence electrons. The van der Waals surface area contributed by atoms with Gasteiger partial charge in [0.25, 0.3) is 0 Å². The molecule has 0 bridgehead atoms. The monoisotopic (exact) mass is 360 g/mol. The minimum Gasteiger partial charge on any atom is -0.334 e. The van der Waals surface area contributed by atoms with E-state index in [9.17, 15) is 14.4 Å². The highest BCUT2D eigenvalue weighted by atomic mass is 32.1. The van der Waals surface area contributed by atoms with Gasteiger partial charge in [0.1, 0.15) is 6.54 Å². The molecule has 1 saturated carbocycles. The molecule has 3 amide bonds. The Hall–Kier alpha value is -1.69. The second-order valence-corrected chi connectivity index (χ2v) is 8.51. The smallest absolute Gasteiger partial charge is 0.243 e. The number of thiophene rings is 1. The first-order valence-corrected chi connectivity index (χ1v) is 10.1. The van der Waals surface area contributed by atoms with Gasteiger partial charge in [-0.1, -0.05) is 19.8 Å². The van der Waals surface area contributed by atoms with Gasteiger partial charge in [-0.05, 0) is 42.7 Å². The number of imide groups is 1. The van der Waals surface area contributed by atoms with Crippen molar-refractivity contribution in [3.8, 4) is 0 Å². The molecule has 3 heterocycles. The summed E-state index contributed by atoms with van der Waals surface area (Å²) in [5.41, 5.74) is 0.739. The molecular formula is C19H24N2O3S. The Morgan fingerprint density at radius 2 is 2.08 bits per heavy atom. The lowest BCUT2D eigenvalue weighted by atomic mass is 9.84. The first-order valence-electron chi connectivity index (χ1n) is 9.26. The van der Waals surface area contributed by atoms with Crippen LogP contribution in [0.2, 0.25) is 0 Å². The summed E-state index contributed by atoms with van der Waals surface area (Å²) >= 11 is 1.75. The molecule has 5 nitrogen and oxygen atoms in total. The number of amides is 3. The maximum absolute atomic E-state index is 12.9. The molecule has 1 aliphatic carbocycles. The van der Waals surface area contributed by atoms with Crippen LogP contribution in [-0.4, -0.2) is 40.6 Å². The van der Waals surface area contributed by atoms with Gasteiger partial charge in [0.15, 0.2) is 0 Å². The van der Waals surface area contributed by atoms with Gasteiger partial charge in [-0.3, -0.25) is 19.3 Å². The van der Waals surface area contributed by atoms with E-state index >= 15 is 0 Å². The van der Waals surface area contributed by atoms with Crippen molar-refractivity contribution in [3.63, 3.8) is 0 Å². The van der Waals surface area contributed by atoms with Gasteiger partial charge in [-0.15, -0.1) is 11.3 Å². The van der Waals surface area contributed by atoms with Crippen molar-refractivity contribution in [1.82, 2.24) is 9.80 Å². The van der Waals surface area contributed by atoms with Crippen LogP contribution < -0.4 is 0 Å². The summed E-state index contributed by atoms with van der Waals surface area (Å²) < 4.78 is 0. The van der Waals surface area contributed by atoms with E-state index in [0.29, 0.717) is 13.0 Å². The highest BCUT2D eigenvalue weighted by molar-refractivity contribution is 7.10. The summed E-state index contributed by atoms with van der Waals surface area (Å²) in [6.07, 6.45) is 5.61. The number of hydrogen-bond acceptors (Lipinski definition) is 4. The van der Waals surface area contributed by atoms with Crippen molar-refractivity contribution < 1.29 is 14.4 Å². The predicted octanol–water partition coefficient (Wildman–Crippen LogP) is 2.90. The molecule has 1 saturated heterocycles. The third-order valence-electron chi connectivity index (χ3n) is 6.15. The Morgan fingerprint density at radius 1 is 1.32 bits per heavy atom. The maximum Gasteiger partial charge on any atom is 0.243 e. The van der Waals surface area contributed by atoms with Crippen molar-refractivity contribution in [2.75, 3.05) is 13.1 Å². The maximum atomic E-state index is 12.9. The third kappa shape index (κ3) is 2.62. The van der Waals surface area contributed by atoms with Crippen LogP contribution in [0.3, 0.4) is 0 Å². The number of carbonyl (C=O) groups excluding carboxylic acids is 3. The van der Waals surface area contributed by atoms with Gasteiger partial charge < -0.3 is 4.90 Å². The Bertz CT molecular complexity index is 720. The predicted molar refractivity (Wildman–Crippen MR) is 95.0 cm³/mol. The zero-order valence-electron chi connectivity index (χ0n) is 14.6. The minimum atomic E-state index is -0.496. The molecule has 1 aromatic rings. The molecule has 1 unspecified atom stereocenters. The Labute approximate surface area is 152 Å². The summed E-state index contributed by atoms with van der Waals surface area (Å²) in [5, 5.41) is 2.08. The van der Waals surface area contributed by atoms with E-state index in [-0.39, 0.29) is 30.3 Å². The van der Waals surface area contributed by atoms with E-state index in [2.05, 4.69) is 18.4 Å². The first-order chi connectivity index (χ1) is 12.1. The van der Waals surface area contributed by atoms with Crippen molar-refractivity contribution >= 4 is 29.1 Å². The molecule has 2 aliphatic heterocycles. The van der Waals surface area contributed by atoms with Crippen LogP contribution in [0.1, 0.15) is 61.9 Å². The Morgan fingerprint density at radius 3 is 2.80 bits per heavy atom. The molecule has 25 heavy (non-hydrogen) atoms. The first kappa shape index (κ1) is 16.8. The molecule has 1 aromatic heterocycles. The van der Waals surface area contributed by atoms with Gasteiger partial charge >= 0.3 is 0 Å². The average Bonchev–Trinajstić information content (AvgIpc) is 3.31. The molecule has 0 radical (unpaired) electrons. The van der Waals surface area contributed by atoms with Crippen LogP contribution in [0.5, 0.6) is 0 Å². The topological polar surface area (TPSA) is 57.7 Å². The van der Waals surface area contributed by atoms with Crippen LogP contribution >= 0.6 is 11.3 Å². The average molecular weight is 360 g/mol. The van der Waals surface area contributed by atoms with Gasteiger partial charge in [0.05, 0.1) is 11.5 Å². The van der Waals surface area contributed by atoms with E-state index in [1.807, 2.05) is 4.90 Å². The normalized spacial score (nSPS) is 25.1. The highest BCUT2D eigenvalue weighted by Gasteiger charge is 2.53. The molecule has 4 rings (SSSR count). The summed E-state index contributed by atoms with van der Waals surface area (Å²) in [4.78, 5) is 42.6. The molecular weight excluding hydrogens is 336 g/mol. The molecule has 1 atom stereocenters. The molecule has 0 N–H and O–H groups in total. The van der Waals surface area contributed by atoms with E-state index in [1.54, 1.807) is 11.3 Å². The number of likely N-dealkylation sites (tertiary alicyclic amines) is 1. The van der Waals surface area contributed by atoms with Gasteiger partial charge in [-0.2, -0.15) is 0 Å². The quantitative estimate of drug-likeness (QED) is 0.779. The zero-order chi connectivity index (χ0) is 17.6. The van der Waals surface area contributed by atoms with E-state index < -0.39 is 5.41 Å². The summed E-state index contributed by atoms with van der Waals surface area (Å²) in [6.45, 7) is 2.67. The lowest BCUT2D eigenvalue weighted by Crippen LogP contribution is -2.47. The molecule has 1 spiro atoms. The minimum absolute atomic E-state index is 0.0655. The van der Waals surface area contributed by atoms with Crippen LogP contribution in [-0.2, 0) is 20.8 Å². The molecule has 0 aromatic carbocycles. The van der Waals surface area contributed by atoms with E-state index in [0.717, 1.165) is 38.5 Å². The van der Waals surface area contributed by atoms with Crippen LogP contribution in [0.4, 0.5) is 0 Å². The Kier molecular flexibility index (Phi) is 4.18. The van der Waals surface area contributed by atoms with Gasteiger partial charge in [0.2, 0.25) is 17.7 Å². The van der Waals surface area contributed by atoms with E-state index in [1.165, 1.54) is 15.3 Å². The lowest BCUT2D eigenvalue weighted by Gasteiger charge is -2.36.